The van der Waals surface area contributed by atoms with Gasteiger partial charge in [0.15, 0.2) is 5.65 Å². The molecular formula is C13H12N4O2. The summed E-state index contributed by atoms with van der Waals surface area (Å²) < 4.78 is 5.10. The first-order chi connectivity index (χ1) is 9.24. The molecule has 0 aliphatic heterocycles. The maximum Gasteiger partial charge on any atom is 0.325 e. The molecule has 0 spiro atoms. The number of benzene rings is 1. The number of fused-ring (bicyclic) bond motifs is 1. The number of hydrogen-bond acceptors (Lipinski definition) is 4. The topological polar surface area (TPSA) is 82.8 Å². The SMILES string of the molecule is COc1ccc(Nc2cnc3[nH]c(=O)[nH]c3c2)cc1. The van der Waals surface area contributed by atoms with Crippen molar-refractivity contribution in [3.05, 3.63) is 47.0 Å². The fourth-order valence-electron chi connectivity index (χ4n) is 1.83. The molecule has 0 fully saturated rings. The second-order valence-electron chi connectivity index (χ2n) is 4.05. The molecule has 6 heteroatoms. The Morgan fingerprint density at radius 3 is 2.68 bits per heavy atom. The van der Waals surface area contributed by atoms with Gasteiger partial charge in [0, 0.05) is 5.69 Å². The van der Waals surface area contributed by atoms with Gasteiger partial charge in [-0.1, -0.05) is 0 Å². The normalized spacial score (nSPS) is 10.6. The number of ether oxygens (including phenoxy) is 1. The summed E-state index contributed by atoms with van der Waals surface area (Å²) in [5.74, 6) is 0.800. The van der Waals surface area contributed by atoms with Crippen molar-refractivity contribution in [3.63, 3.8) is 0 Å². The smallest absolute Gasteiger partial charge is 0.325 e. The van der Waals surface area contributed by atoms with Gasteiger partial charge in [0.1, 0.15) is 5.75 Å². The highest BCUT2D eigenvalue weighted by molar-refractivity contribution is 5.75. The van der Waals surface area contributed by atoms with Gasteiger partial charge in [-0.3, -0.25) is 4.98 Å². The Hall–Kier alpha value is -2.76. The van der Waals surface area contributed by atoms with Crippen LogP contribution in [0, 0.1) is 0 Å². The first-order valence-corrected chi connectivity index (χ1v) is 5.74. The number of rotatable bonds is 3. The highest BCUT2D eigenvalue weighted by atomic mass is 16.5. The van der Waals surface area contributed by atoms with Crippen LogP contribution in [-0.2, 0) is 0 Å². The molecule has 3 aromatic rings. The molecule has 0 atom stereocenters. The van der Waals surface area contributed by atoms with Crippen molar-refractivity contribution in [2.45, 2.75) is 0 Å². The standard InChI is InChI=1S/C13H12N4O2/c1-19-10-4-2-8(3-5-10)15-9-6-11-12(14-7-9)17-13(18)16-11/h2-7,15H,1H3,(H2,14,16,17,18). The minimum absolute atomic E-state index is 0.260. The van der Waals surface area contributed by atoms with E-state index in [2.05, 4.69) is 20.3 Å². The average Bonchev–Trinajstić information content (AvgIpc) is 2.79. The number of aromatic amines is 2. The Labute approximate surface area is 108 Å². The molecule has 0 amide bonds. The van der Waals surface area contributed by atoms with E-state index in [1.165, 1.54) is 0 Å². The zero-order chi connectivity index (χ0) is 13.2. The van der Waals surface area contributed by atoms with Crippen LogP contribution in [-0.4, -0.2) is 22.1 Å². The zero-order valence-corrected chi connectivity index (χ0v) is 10.2. The summed E-state index contributed by atoms with van der Waals surface area (Å²) in [4.78, 5) is 20.6. The van der Waals surface area contributed by atoms with Gasteiger partial charge in [-0.15, -0.1) is 0 Å². The minimum Gasteiger partial charge on any atom is -0.497 e. The largest absolute Gasteiger partial charge is 0.497 e. The van der Waals surface area contributed by atoms with E-state index in [9.17, 15) is 4.79 Å². The highest BCUT2D eigenvalue weighted by Gasteiger charge is 2.01. The van der Waals surface area contributed by atoms with Crippen LogP contribution >= 0.6 is 0 Å². The monoisotopic (exact) mass is 256 g/mol. The molecule has 2 aromatic heterocycles. The number of anilines is 2. The predicted molar refractivity (Wildman–Crippen MR) is 73.0 cm³/mol. The van der Waals surface area contributed by atoms with Crippen molar-refractivity contribution in [2.75, 3.05) is 12.4 Å². The summed E-state index contributed by atoms with van der Waals surface area (Å²) in [5, 5.41) is 3.20. The summed E-state index contributed by atoms with van der Waals surface area (Å²) in [6.45, 7) is 0. The molecule has 0 saturated heterocycles. The number of aromatic nitrogens is 3. The van der Waals surface area contributed by atoms with E-state index >= 15 is 0 Å². The van der Waals surface area contributed by atoms with Gasteiger partial charge in [-0.2, -0.15) is 0 Å². The number of hydrogen-bond donors (Lipinski definition) is 3. The number of nitrogens with one attached hydrogen (secondary N) is 3. The molecule has 0 bridgehead atoms. The van der Waals surface area contributed by atoms with Crippen LogP contribution in [0.3, 0.4) is 0 Å². The molecule has 1 aromatic carbocycles. The Bertz CT molecular complexity index is 758. The van der Waals surface area contributed by atoms with Crippen LogP contribution in [0.4, 0.5) is 11.4 Å². The van der Waals surface area contributed by atoms with Crippen molar-refractivity contribution in [1.29, 1.82) is 0 Å². The van der Waals surface area contributed by atoms with Gasteiger partial charge in [0.2, 0.25) is 0 Å². The van der Waals surface area contributed by atoms with Crippen LogP contribution in [0.15, 0.2) is 41.3 Å². The predicted octanol–water partition coefficient (Wildman–Crippen LogP) is 2.00. The number of nitrogens with zero attached hydrogens (tertiary/aromatic N) is 1. The van der Waals surface area contributed by atoms with Crippen molar-refractivity contribution in [3.8, 4) is 5.75 Å². The van der Waals surface area contributed by atoms with Gasteiger partial charge in [-0.25, -0.2) is 9.78 Å². The van der Waals surface area contributed by atoms with Crippen LogP contribution in [0.25, 0.3) is 11.2 Å². The maximum atomic E-state index is 11.1. The van der Waals surface area contributed by atoms with Crippen LogP contribution in [0.2, 0.25) is 0 Å². The first kappa shape index (κ1) is 11.3. The quantitative estimate of drug-likeness (QED) is 0.669. The molecule has 19 heavy (non-hydrogen) atoms. The molecule has 0 aliphatic carbocycles. The van der Waals surface area contributed by atoms with E-state index in [1.807, 2.05) is 30.3 Å². The molecular weight excluding hydrogens is 244 g/mol. The fourth-order valence-corrected chi connectivity index (χ4v) is 1.83. The number of pyridine rings is 1. The third kappa shape index (κ3) is 2.28. The van der Waals surface area contributed by atoms with E-state index in [4.69, 9.17) is 4.74 Å². The van der Waals surface area contributed by atoms with Gasteiger partial charge in [0.05, 0.1) is 24.5 Å². The third-order valence-corrected chi connectivity index (χ3v) is 2.75. The van der Waals surface area contributed by atoms with Crippen molar-refractivity contribution in [2.24, 2.45) is 0 Å². The summed E-state index contributed by atoms with van der Waals surface area (Å²) in [7, 11) is 1.63. The molecule has 3 rings (SSSR count). The lowest BCUT2D eigenvalue weighted by molar-refractivity contribution is 0.415. The van der Waals surface area contributed by atoms with E-state index in [0.29, 0.717) is 11.2 Å². The van der Waals surface area contributed by atoms with E-state index in [1.54, 1.807) is 13.3 Å². The molecule has 2 heterocycles. The lowest BCUT2D eigenvalue weighted by atomic mass is 10.3. The summed E-state index contributed by atoms with van der Waals surface area (Å²) in [6, 6.07) is 9.37. The highest BCUT2D eigenvalue weighted by Crippen LogP contribution is 2.20. The minimum atomic E-state index is -0.260. The zero-order valence-electron chi connectivity index (χ0n) is 10.2. The Kier molecular flexibility index (Phi) is 2.68. The van der Waals surface area contributed by atoms with Gasteiger partial charge < -0.3 is 15.0 Å². The van der Waals surface area contributed by atoms with Crippen LogP contribution in [0.1, 0.15) is 0 Å². The lowest BCUT2D eigenvalue weighted by Crippen LogP contribution is -1.99. The number of imidazole rings is 1. The Morgan fingerprint density at radius 2 is 1.95 bits per heavy atom. The molecule has 0 aliphatic rings. The summed E-state index contributed by atoms with van der Waals surface area (Å²) in [6.07, 6.45) is 1.66. The van der Waals surface area contributed by atoms with Crippen molar-refractivity contribution < 1.29 is 4.74 Å². The molecule has 0 saturated carbocycles. The third-order valence-electron chi connectivity index (χ3n) is 2.75. The summed E-state index contributed by atoms with van der Waals surface area (Å²) in [5.41, 5.74) is 2.67. The lowest BCUT2D eigenvalue weighted by Gasteiger charge is -2.06. The second kappa shape index (κ2) is 4.49. The number of methoxy groups -OCH3 is 1. The first-order valence-electron chi connectivity index (χ1n) is 5.74. The Morgan fingerprint density at radius 1 is 1.16 bits per heavy atom. The maximum absolute atomic E-state index is 11.1. The Balaban J connectivity index is 1.89. The summed E-state index contributed by atoms with van der Waals surface area (Å²) >= 11 is 0. The molecule has 0 radical (unpaired) electrons. The van der Waals surface area contributed by atoms with Crippen LogP contribution in [0.5, 0.6) is 5.75 Å². The van der Waals surface area contributed by atoms with E-state index < -0.39 is 0 Å². The fraction of sp³-hybridized carbons (Fsp3) is 0.0769. The van der Waals surface area contributed by atoms with Crippen molar-refractivity contribution in [1.82, 2.24) is 15.0 Å². The van der Waals surface area contributed by atoms with Gasteiger partial charge in [0.25, 0.3) is 0 Å². The van der Waals surface area contributed by atoms with E-state index in [-0.39, 0.29) is 5.69 Å². The van der Waals surface area contributed by atoms with E-state index in [0.717, 1.165) is 17.1 Å². The molecule has 3 N–H and O–H groups in total. The van der Waals surface area contributed by atoms with Gasteiger partial charge >= 0.3 is 5.69 Å². The molecule has 6 nitrogen and oxygen atoms in total. The van der Waals surface area contributed by atoms with Gasteiger partial charge in [-0.05, 0) is 30.3 Å². The second-order valence-corrected chi connectivity index (χ2v) is 4.05. The molecule has 0 unspecified atom stereocenters. The number of H-pyrrole nitrogens is 2. The van der Waals surface area contributed by atoms with Crippen molar-refractivity contribution >= 4 is 22.5 Å². The average molecular weight is 256 g/mol. The van der Waals surface area contributed by atoms with Crippen LogP contribution < -0.4 is 15.7 Å². The molecule has 96 valence electrons.